The van der Waals surface area contributed by atoms with Gasteiger partial charge in [-0.3, -0.25) is 9.59 Å². The molecule has 2 heterocycles. The summed E-state index contributed by atoms with van der Waals surface area (Å²) in [6, 6.07) is 7.71. The van der Waals surface area contributed by atoms with E-state index in [1.54, 1.807) is 0 Å². The minimum absolute atomic E-state index is 0.0122. The maximum atomic E-state index is 12.5. The van der Waals surface area contributed by atoms with Gasteiger partial charge in [-0.15, -0.1) is 0 Å². The maximum Gasteiger partial charge on any atom is 0.245 e. The van der Waals surface area contributed by atoms with Crippen molar-refractivity contribution in [2.75, 3.05) is 6.54 Å². The van der Waals surface area contributed by atoms with Crippen molar-refractivity contribution in [3.63, 3.8) is 0 Å². The van der Waals surface area contributed by atoms with Crippen LogP contribution in [0.2, 0.25) is 5.02 Å². The van der Waals surface area contributed by atoms with Crippen molar-refractivity contribution in [2.45, 2.75) is 44.2 Å². The largest absolute Gasteiger partial charge is 0.344 e. The fourth-order valence-corrected chi connectivity index (χ4v) is 3.36. The minimum Gasteiger partial charge on any atom is -0.344 e. The maximum absolute atomic E-state index is 12.5. The molecule has 0 aromatic heterocycles. The Balaban J connectivity index is 1.66. The van der Waals surface area contributed by atoms with Gasteiger partial charge in [0.25, 0.3) is 0 Å². The van der Waals surface area contributed by atoms with Crippen molar-refractivity contribution in [2.24, 2.45) is 0 Å². The average molecular weight is 307 g/mol. The molecule has 1 N–H and O–H groups in total. The summed E-state index contributed by atoms with van der Waals surface area (Å²) in [5.41, 5.74) is 1.19. The Morgan fingerprint density at radius 3 is 2.71 bits per heavy atom. The van der Waals surface area contributed by atoms with Crippen LogP contribution in [0.5, 0.6) is 0 Å². The quantitative estimate of drug-likeness (QED) is 0.930. The Morgan fingerprint density at radius 2 is 2.05 bits per heavy atom. The molecular weight excluding hydrogens is 288 g/mol. The molecule has 112 valence electrons. The number of rotatable bonds is 3. The first-order valence-corrected chi connectivity index (χ1v) is 7.85. The standard InChI is InChI=1S/C16H19ClN2O2/c17-12-5-3-11(4-6-12)10-13-2-1-9-19(13)16(21)14-7-8-15(20)18-14/h3-6,13-14H,1-2,7-10H2,(H,18,20). The molecule has 0 saturated carbocycles. The van der Waals surface area contributed by atoms with Crippen molar-refractivity contribution >= 4 is 23.4 Å². The van der Waals surface area contributed by atoms with Crippen molar-refractivity contribution < 1.29 is 9.59 Å². The summed E-state index contributed by atoms with van der Waals surface area (Å²) in [5, 5.41) is 3.50. The van der Waals surface area contributed by atoms with Gasteiger partial charge >= 0.3 is 0 Å². The molecule has 0 aliphatic carbocycles. The second-order valence-corrected chi connectivity index (χ2v) is 6.25. The zero-order valence-electron chi connectivity index (χ0n) is 11.8. The van der Waals surface area contributed by atoms with Crippen LogP contribution >= 0.6 is 11.6 Å². The van der Waals surface area contributed by atoms with Gasteiger partial charge in [0.1, 0.15) is 6.04 Å². The second-order valence-electron chi connectivity index (χ2n) is 5.82. The Morgan fingerprint density at radius 1 is 1.29 bits per heavy atom. The Labute approximate surface area is 129 Å². The number of hydrogen-bond acceptors (Lipinski definition) is 2. The highest BCUT2D eigenvalue weighted by atomic mass is 35.5. The van der Waals surface area contributed by atoms with Crippen LogP contribution in [0.1, 0.15) is 31.2 Å². The molecule has 2 atom stereocenters. The number of carbonyl (C=O) groups is 2. The van der Waals surface area contributed by atoms with Crippen LogP contribution in [-0.4, -0.2) is 35.3 Å². The highest BCUT2D eigenvalue weighted by Gasteiger charge is 2.36. The topological polar surface area (TPSA) is 49.4 Å². The lowest BCUT2D eigenvalue weighted by atomic mass is 10.0. The predicted molar refractivity (Wildman–Crippen MR) is 81.1 cm³/mol. The summed E-state index contributed by atoms with van der Waals surface area (Å²) in [4.78, 5) is 25.8. The molecule has 1 aromatic rings. The van der Waals surface area contributed by atoms with Crippen LogP contribution in [0.25, 0.3) is 0 Å². The number of amides is 2. The molecule has 2 aliphatic heterocycles. The first-order valence-electron chi connectivity index (χ1n) is 7.48. The SMILES string of the molecule is O=C1CCC(C(=O)N2CCCC2Cc2ccc(Cl)cc2)N1. The number of halogens is 1. The first kappa shape index (κ1) is 14.4. The monoisotopic (exact) mass is 306 g/mol. The first-order chi connectivity index (χ1) is 10.1. The van der Waals surface area contributed by atoms with Gasteiger partial charge in [-0.05, 0) is 43.4 Å². The molecule has 0 bridgehead atoms. The van der Waals surface area contributed by atoms with Gasteiger partial charge in [-0.2, -0.15) is 0 Å². The molecule has 2 saturated heterocycles. The zero-order chi connectivity index (χ0) is 14.8. The predicted octanol–water partition coefficient (Wildman–Crippen LogP) is 2.15. The lowest BCUT2D eigenvalue weighted by molar-refractivity contribution is -0.135. The molecule has 2 fully saturated rings. The molecule has 2 unspecified atom stereocenters. The van der Waals surface area contributed by atoms with E-state index in [4.69, 9.17) is 11.6 Å². The van der Waals surface area contributed by atoms with Gasteiger partial charge in [0.2, 0.25) is 11.8 Å². The number of likely N-dealkylation sites (tertiary alicyclic amines) is 1. The van der Waals surface area contributed by atoms with Crippen LogP contribution in [0, 0.1) is 0 Å². The van der Waals surface area contributed by atoms with Crippen LogP contribution in [0.15, 0.2) is 24.3 Å². The molecule has 4 nitrogen and oxygen atoms in total. The molecule has 0 radical (unpaired) electrons. The lowest BCUT2D eigenvalue weighted by Gasteiger charge is -2.27. The fourth-order valence-electron chi connectivity index (χ4n) is 3.23. The molecule has 0 spiro atoms. The van der Waals surface area contributed by atoms with E-state index in [-0.39, 0.29) is 23.9 Å². The third-order valence-corrected chi connectivity index (χ3v) is 4.59. The van der Waals surface area contributed by atoms with Gasteiger partial charge in [-0.1, -0.05) is 23.7 Å². The third kappa shape index (κ3) is 3.21. The number of carbonyl (C=O) groups excluding carboxylic acids is 2. The fraction of sp³-hybridized carbons (Fsp3) is 0.500. The summed E-state index contributed by atoms with van der Waals surface area (Å²) < 4.78 is 0. The van der Waals surface area contributed by atoms with Crippen molar-refractivity contribution in [3.05, 3.63) is 34.9 Å². The number of hydrogen-bond donors (Lipinski definition) is 1. The van der Waals surface area contributed by atoms with Crippen LogP contribution in [-0.2, 0) is 16.0 Å². The van der Waals surface area contributed by atoms with Crippen LogP contribution < -0.4 is 5.32 Å². The summed E-state index contributed by atoms with van der Waals surface area (Å²) in [6.07, 6.45) is 4.00. The van der Waals surface area contributed by atoms with Crippen molar-refractivity contribution in [3.8, 4) is 0 Å². The number of benzene rings is 1. The van der Waals surface area contributed by atoms with Gasteiger partial charge in [0, 0.05) is 24.0 Å². The molecule has 3 rings (SSSR count). The Hall–Kier alpha value is -1.55. The van der Waals surface area contributed by atoms with Gasteiger partial charge < -0.3 is 10.2 Å². The van der Waals surface area contributed by atoms with E-state index in [0.717, 1.165) is 30.8 Å². The summed E-state index contributed by atoms with van der Waals surface area (Å²) in [6.45, 7) is 0.795. The molecular formula is C16H19ClN2O2. The highest BCUT2D eigenvalue weighted by Crippen LogP contribution is 2.24. The van der Waals surface area contributed by atoms with E-state index in [1.165, 1.54) is 5.56 Å². The van der Waals surface area contributed by atoms with Crippen molar-refractivity contribution in [1.29, 1.82) is 0 Å². The highest BCUT2D eigenvalue weighted by molar-refractivity contribution is 6.30. The molecule has 2 aliphatic rings. The van der Waals surface area contributed by atoms with Gasteiger partial charge in [-0.25, -0.2) is 0 Å². The van der Waals surface area contributed by atoms with Gasteiger partial charge in [0.15, 0.2) is 0 Å². The van der Waals surface area contributed by atoms with Crippen LogP contribution in [0.3, 0.4) is 0 Å². The summed E-state index contributed by atoms with van der Waals surface area (Å²) in [7, 11) is 0. The molecule has 21 heavy (non-hydrogen) atoms. The number of nitrogens with zero attached hydrogens (tertiary/aromatic N) is 1. The Bertz CT molecular complexity index is 544. The average Bonchev–Trinajstić information content (AvgIpc) is 3.10. The molecule has 2 amide bonds. The number of nitrogens with one attached hydrogen (secondary N) is 1. The summed E-state index contributed by atoms with van der Waals surface area (Å²) in [5.74, 6) is 0.0686. The normalized spacial score (nSPS) is 25.2. The summed E-state index contributed by atoms with van der Waals surface area (Å²) >= 11 is 5.90. The lowest BCUT2D eigenvalue weighted by Crippen LogP contribution is -2.47. The van der Waals surface area contributed by atoms with Crippen molar-refractivity contribution in [1.82, 2.24) is 10.2 Å². The molecule has 5 heteroatoms. The van der Waals surface area contributed by atoms with E-state index >= 15 is 0 Å². The van der Waals surface area contributed by atoms with Gasteiger partial charge in [0.05, 0.1) is 0 Å². The second kappa shape index (κ2) is 6.06. The van der Waals surface area contributed by atoms with E-state index in [9.17, 15) is 9.59 Å². The van der Waals surface area contributed by atoms with E-state index in [1.807, 2.05) is 29.2 Å². The smallest absolute Gasteiger partial charge is 0.245 e. The Kier molecular flexibility index (Phi) is 4.15. The zero-order valence-corrected chi connectivity index (χ0v) is 12.6. The van der Waals surface area contributed by atoms with E-state index in [2.05, 4.69) is 5.32 Å². The van der Waals surface area contributed by atoms with E-state index < -0.39 is 0 Å². The minimum atomic E-state index is -0.316. The third-order valence-electron chi connectivity index (χ3n) is 4.34. The van der Waals surface area contributed by atoms with Crippen LogP contribution in [0.4, 0.5) is 0 Å². The molecule has 1 aromatic carbocycles. The van der Waals surface area contributed by atoms with E-state index in [0.29, 0.717) is 12.8 Å².